The Morgan fingerprint density at radius 2 is 2.10 bits per heavy atom. The molecule has 0 heterocycles. The summed E-state index contributed by atoms with van der Waals surface area (Å²) in [4.78, 5) is 11.9. The minimum Gasteiger partial charge on any atom is -0.491 e. The minimum absolute atomic E-state index is 0.137. The van der Waals surface area contributed by atoms with Gasteiger partial charge in [0, 0.05) is 12.5 Å². The Kier molecular flexibility index (Phi) is 5.90. The van der Waals surface area contributed by atoms with Crippen LogP contribution in [-0.4, -0.2) is 18.6 Å². The van der Waals surface area contributed by atoms with Crippen LogP contribution in [0.4, 0.5) is 5.69 Å². The predicted molar refractivity (Wildman–Crippen MR) is 85.1 cm³/mol. The molecule has 0 spiro atoms. The third-order valence-corrected chi connectivity index (χ3v) is 4.18. The molecule has 4 heteroatoms. The van der Waals surface area contributed by atoms with Crippen LogP contribution in [0.1, 0.15) is 45.4 Å². The number of carbonyl (C=O) groups excluding carboxylic acids is 1. The number of hydrogen-bond donors (Lipinski definition) is 2. The van der Waals surface area contributed by atoms with Gasteiger partial charge in [0.05, 0.1) is 12.3 Å². The maximum absolute atomic E-state index is 11.9. The molecular weight excluding hydrogens is 264 g/mol. The highest BCUT2D eigenvalue weighted by molar-refractivity contribution is 5.76. The lowest BCUT2D eigenvalue weighted by atomic mass is 9.86. The van der Waals surface area contributed by atoms with Gasteiger partial charge in [-0.05, 0) is 37.3 Å². The van der Waals surface area contributed by atoms with E-state index in [0.717, 1.165) is 6.42 Å². The second-order valence-corrected chi connectivity index (χ2v) is 5.93. The third-order valence-electron chi connectivity index (χ3n) is 4.18. The molecule has 1 aromatic carbocycles. The maximum Gasteiger partial charge on any atom is 0.220 e. The van der Waals surface area contributed by atoms with Gasteiger partial charge in [-0.1, -0.05) is 31.9 Å². The van der Waals surface area contributed by atoms with Crippen molar-refractivity contribution in [2.45, 2.75) is 51.5 Å². The van der Waals surface area contributed by atoms with Crippen molar-refractivity contribution >= 4 is 11.6 Å². The molecule has 1 saturated carbocycles. The molecule has 3 N–H and O–H groups in total. The van der Waals surface area contributed by atoms with Crippen molar-refractivity contribution in [2.75, 3.05) is 12.3 Å². The summed E-state index contributed by atoms with van der Waals surface area (Å²) < 4.78 is 5.59. The monoisotopic (exact) mass is 290 g/mol. The Bertz CT molecular complexity index is 462. The quantitative estimate of drug-likeness (QED) is 0.625. The SMILES string of the molecule is CC1CCCCC1NC(=O)CCCOc1ccccc1N. The van der Waals surface area contributed by atoms with E-state index >= 15 is 0 Å². The van der Waals surface area contributed by atoms with Gasteiger partial charge in [0.15, 0.2) is 0 Å². The van der Waals surface area contributed by atoms with Crippen molar-refractivity contribution in [2.24, 2.45) is 5.92 Å². The molecule has 2 unspecified atom stereocenters. The standard InChI is InChI=1S/C17H26N2O2/c1-13-7-2-4-9-15(13)19-17(20)11-6-12-21-16-10-5-3-8-14(16)18/h3,5,8,10,13,15H,2,4,6-7,9,11-12,18H2,1H3,(H,19,20). The number of carbonyl (C=O) groups is 1. The molecule has 1 fully saturated rings. The first-order valence-electron chi connectivity index (χ1n) is 7.93. The summed E-state index contributed by atoms with van der Waals surface area (Å²) in [7, 11) is 0. The molecule has 0 radical (unpaired) electrons. The summed E-state index contributed by atoms with van der Waals surface area (Å²) >= 11 is 0. The van der Waals surface area contributed by atoms with E-state index in [4.69, 9.17) is 10.5 Å². The summed E-state index contributed by atoms with van der Waals surface area (Å²) in [6.07, 6.45) is 6.08. The fourth-order valence-corrected chi connectivity index (χ4v) is 2.84. The van der Waals surface area contributed by atoms with Crippen molar-refractivity contribution in [3.05, 3.63) is 24.3 Å². The first-order chi connectivity index (χ1) is 10.2. The molecule has 1 aromatic rings. The molecule has 1 aliphatic rings. The average Bonchev–Trinajstić information content (AvgIpc) is 2.48. The van der Waals surface area contributed by atoms with Crippen molar-refractivity contribution in [3.8, 4) is 5.75 Å². The van der Waals surface area contributed by atoms with Crippen LogP contribution in [0.25, 0.3) is 0 Å². The summed E-state index contributed by atoms with van der Waals surface area (Å²) in [5, 5.41) is 3.16. The molecule has 0 saturated heterocycles. The minimum atomic E-state index is 0.137. The highest BCUT2D eigenvalue weighted by Crippen LogP contribution is 2.24. The van der Waals surface area contributed by atoms with E-state index in [1.54, 1.807) is 0 Å². The second-order valence-electron chi connectivity index (χ2n) is 5.93. The van der Waals surface area contributed by atoms with Crippen molar-refractivity contribution in [1.29, 1.82) is 0 Å². The normalized spacial score (nSPS) is 21.8. The van der Waals surface area contributed by atoms with Crippen molar-refractivity contribution in [3.63, 3.8) is 0 Å². The molecule has 1 aliphatic carbocycles. The molecule has 116 valence electrons. The largest absolute Gasteiger partial charge is 0.491 e. The van der Waals surface area contributed by atoms with Crippen LogP contribution >= 0.6 is 0 Å². The summed E-state index contributed by atoms with van der Waals surface area (Å²) in [6, 6.07) is 7.78. The summed E-state index contributed by atoms with van der Waals surface area (Å²) in [5.41, 5.74) is 6.43. The number of ether oxygens (including phenoxy) is 1. The molecule has 0 aliphatic heterocycles. The first kappa shape index (κ1) is 15.7. The van der Waals surface area contributed by atoms with E-state index in [9.17, 15) is 4.79 Å². The molecule has 2 atom stereocenters. The van der Waals surface area contributed by atoms with Gasteiger partial charge in [0.25, 0.3) is 0 Å². The summed E-state index contributed by atoms with van der Waals surface area (Å²) in [6.45, 7) is 2.74. The zero-order valence-electron chi connectivity index (χ0n) is 12.8. The zero-order chi connectivity index (χ0) is 15.1. The number of benzene rings is 1. The second kappa shape index (κ2) is 7.91. The van der Waals surface area contributed by atoms with E-state index < -0.39 is 0 Å². The number of hydrogen-bond acceptors (Lipinski definition) is 3. The molecule has 1 amide bonds. The van der Waals surface area contributed by atoms with Crippen LogP contribution in [-0.2, 0) is 4.79 Å². The highest BCUT2D eigenvalue weighted by Gasteiger charge is 2.22. The topological polar surface area (TPSA) is 64.3 Å². The van der Waals surface area contributed by atoms with Crippen molar-refractivity contribution in [1.82, 2.24) is 5.32 Å². The van der Waals surface area contributed by atoms with Crippen molar-refractivity contribution < 1.29 is 9.53 Å². The van der Waals surface area contributed by atoms with Crippen LogP contribution < -0.4 is 15.8 Å². The van der Waals surface area contributed by atoms with Gasteiger partial charge in [0.2, 0.25) is 5.91 Å². The Morgan fingerprint density at radius 3 is 2.86 bits per heavy atom. The fourth-order valence-electron chi connectivity index (χ4n) is 2.84. The van der Waals surface area contributed by atoms with E-state index in [-0.39, 0.29) is 5.91 Å². The Labute approximate surface area is 127 Å². The lowest BCUT2D eigenvalue weighted by Crippen LogP contribution is -2.41. The van der Waals surface area contributed by atoms with E-state index in [2.05, 4.69) is 12.2 Å². The van der Waals surface area contributed by atoms with Crippen LogP contribution in [0, 0.1) is 5.92 Å². The van der Waals surface area contributed by atoms with Crippen LogP contribution in [0.2, 0.25) is 0 Å². The summed E-state index contributed by atoms with van der Waals surface area (Å²) in [5.74, 6) is 1.43. The number of nitrogens with one attached hydrogen (secondary N) is 1. The highest BCUT2D eigenvalue weighted by atomic mass is 16.5. The molecular formula is C17H26N2O2. The molecule has 0 aromatic heterocycles. The van der Waals surface area contributed by atoms with Gasteiger partial charge in [-0.2, -0.15) is 0 Å². The number of rotatable bonds is 6. The van der Waals surface area contributed by atoms with Gasteiger partial charge in [-0.15, -0.1) is 0 Å². The van der Waals surface area contributed by atoms with Gasteiger partial charge in [0.1, 0.15) is 5.75 Å². The molecule has 2 rings (SSSR count). The number of anilines is 1. The molecule has 21 heavy (non-hydrogen) atoms. The fraction of sp³-hybridized carbons (Fsp3) is 0.588. The molecule has 0 bridgehead atoms. The Balaban J connectivity index is 1.64. The van der Waals surface area contributed by atoms with E-state index in [0.29, 0.717) is 42.8 Å². The number of para-hydroxylation sites is 2. The lowest BCUT2D eigenvalue weighted by Gasteiger charge is -2.29. The van der Waals surface area contributed by atoms with Gasteiger partial charge in [-0.3, -0.25) is 4.79 Å². The van der Waals surface area contributed by atoms with E-state index in [1.165, 1.54) is 19.3 Å². The Hall–Kier alpha value is -1.71. The number of amides is 1. The first-order valence-corrected chi connectivity index (χ1v) is 7.93. The zero-order valence-corrected chi connectivity index (χ0v) is 12.8. The smallest absolute Gasteiger partial charge is 0.220 e. The van der Waals surface area contributed by atoms with Crippen LogP contribution in [0.5, 0.6) is 5.75 Å². The lowest BCUT2D eigenvalue weighted by molar-refractivity contribution is -0.122. The van der Waals surface area contributed by atoms with Gasteiger partial charge >= 0.3 is 0 Å². The number of nitrogen functional groups attached to an aromatic ring is 1. The van der Waals surface area contributed by atoms with Gasteiger partial charge in [-0.25, -0.2) is 0 Å². The van der Waals surface area contributed by atoms with Gasteiger partial charge < -0.3 is 15.8 Å². The van der Waals surface area contributed by atoms with Crippen LogP contribution in [0.15, 0.2) is 24.3 Å². The average molecular weight is 290 g/mol. The number of nitrogens with two attached hydrogens (primary N) is 1. The molecule has 4 nitrogen and oxygen atoms in total. The van der Waals surface area contributed by atoms with Crippen LogP contribution in [0.3, 0.4) is 0 Å². The Morgan fingerprint density at radius 1 is 1.33 bits per heavy atom. The predicted octanol–water partition coefficient (Wildman–Crippen LogP) is 3.12. The van der Waals surface area contributed by atoms with E-state index in [1.807, 2.05) is 24.3 Å². The third kappa shape index (κ3) is 4.96. The maximum atomic E-state index is 11.9.